The van der Waals surface area contributed by atoms with E-state index in [0.29, 0.717) is 46.4 Å². The molecule has 0 unspecified atom stereocenters. The van der Waals surface area contributed by atoms with Crippen molar-refractivity contribution in [3.63, 3.8) is 0 Å². The molecule has 3 fully saturated rings. The van der Waals surface area contributed by atoms with Crippen LogP contribution >= 0.6 is 23.1 Å². The number of para-hydroxylation sites is 1. The summed E-state index contributed by atoms with van der Waals surface area (Å²) < 4.78 is 23.0. The third-order valence-electron chi connectivity index (χ3n) is 11.3. The fraction of sp³-hybridized carbons (Fsp3) is 0.452. The van der Waals surface area contributed by atoms with Crippen LogP contribution < -0.4 is 25.6 Å². The Morgan fingerprint density at radius 2 is 1.69 bits per heavy atom. The van der Waals surface area contributed by atoms with E-state index in [4.69, 9.17) is 14.7 Å². The summed E-state index contributed by atoms with van der Waals surface area (Å²) >= 11 is 3.68. The quantitative estimate of drug-likeness (QED) is 0.117. The lowest BCUT2D eigenvalue weighted by molar-refractivity contribution is 0.0775. The number of carbonyl (C=O) groups is 1. The van der Waals surface area contributed by atoms with Gasteiger partial charge < -0.3 is 34.8 Å². The van der Waals surface area contributed by atoms with Crippen molar-refractivity contribution in [3.05, 3.63) is 65.2 Å². The number of hydrogen-bond donors (Lipinski definition) is 3. The lowest BCUT2D eigenvalue weighted by atomic mass is 9.82. The van der Waals surface area contributed by atoms with E-state index < -0.39 is 13.2 Å². The molecule has 2 saturated heterocycles. The third-order valence-corrected chi connectivity index (χ3v) is 13.4. The van der Waals surface area contributed by atoms with E-state index in [2.05, 4.69) is 73.3 Å². The molecule has 5 aromatic rings. The maximum absolute atomic E-state index is 13.8. The van der Waals surface area contributed by atoms with Crippen LogP contribution in [0.3, 0.4) is 0 Å². The molecule has 58 heavy (non-hydrogen) atoms. The Morgan fingerprint density at radius 3 is 2.33 bits per heavy atom. The molecule has 0 bridgehead atoms. The van der Waals surface area contributed by atoms with Crippen LogP contribution in [0.25, 0.3) is 22.0 Å². The Bertz CT molecular complexity index is 2390. The largest absolute Gasteiger partial charge is 0.490 e. The summed E-state index contributed by atoms with van der Waals surface area (Å²) in [5.74, 6) is 1.72. The van der Waals surface area contributed by atoms with Gasteiger partial charge in [-0.2, -0.15) is 10.1 Å². The Morgan fingerprint density at radius 1 is 0.966 bits per heavy atom. The second-order valence-corrected chi connectivity index (χ2v) is 21.0. The van der Waals surface area contributed by atoms with Gasteiger partial charge in [-0.1, -0.05) is 39.0 Å². The van der Waals surface area contributed by atoms with Crippen LogP contribution in [0.15, 0.2) is 59.6 Å². The molecule has 1 amide bonds. The van der Waals surface area contributed by atoms with Crippen LogP contribution in [0.4, 0.5) is 33.6 Å². The molecule has 3 N–H and O–H groups in total. The number of aryl methyl sites for hydroxylation is 1. The summed E-state index contributed by atoms with van der Waals surface area (Å²) in [6.45, 7) is 14.4. The lowest BCUT2D eigenvalue weighted by Gasteiger charge is -2.43. The second-order valence-electron chi connectivity index (χ2n) is 17.0. The number of nitrogens with one attached hydrogen (secondary N) is 2. The standard InChI is InChI=1S/C42H52BrN10O4P/c1-42(2,3)36-34(57-28-11-12-28)21-33(52-15-13-27(14-16-52)51-17-19-53(20-18-51)41(54)55)35(26-22-46-50(4)25-26)37(36)48-40-45-23-30(43)39(49-40)47-32-24-44-31-10-8-7-9-29(31)38(32)58(5,6)56/h7-10,21-25,27-28H,11-20H2,1-6H3,(H,54,55)(H2,45,47,48,49). The van der Waals surface area contributed by atoms with Crippen molar-refractivity contribution < 1.29 is 19.2 Å². The molecule has 0 spiro atoms. The number of piperazine rings is 1. The molecular formula is C42H52BrN10O4P. The maximum atomic E-state index is 13.8. The second kappa shape index (κ2) is 15.8. The SMILES string of the molecule is Cn1cc(-c2c(N3CCC(N4CCN(C(=O)O)CC4)CC3)cc(OC3CC3)c(C(C)(C)C)c2Nc2ncc(Br)c(Nc3cnc4ccccc4c3P(C)(C)=O)n2)cn1. The Balaban J connectivity index is 1.20. The number of pyridine rings is 1. The zero-order valence-corrected chi connectivity index (χ0v) is 36.5. The summed E-state index contributed by atoms with van der Waals surface area (Å²) in [5.41, 5.74) is 5.94. The molecule has 8 rings (SSSR count). The van der Waals surface area contributed by atoms with Gasteiger partial charge >= 0.3 is 6.09 Å². The lowest BCUT2D eigenvalue weighted by Crippen LogP contribution is -2.54. The first-order chi connectivity index (χ1) is 27.6. The highest BCUT2D eigenvalue weighted by Gasteiger charge is 2.36. The van der Waals surface area contributed by atoms with E-state index in [9.17, 15) is 14.5 Å². The monoisotopic (exact) mass is 870 g/mol. The van der Waals surface area contributed by atoms with Crippen molar-refractivity contribution in [3.8, 4) is 16.9 Å². The molecule has 16 heteroatoms. The topological polar surface area (TPSA) is 154 Å². The minimum atomic E-state index is -2.76. The van der Waals surface area contributed by atoms with E-state index in [0.717, 1.165) is 96.6 Å². The van der Waals surface area contributed by atoms with Crippen molar-refractivity contribution in [2.45, 2.75) is 64.0 Å². The van der Waals surface area contributed by atoms with Gasteiger partial charge in [0.1, 0.15) is 18.7 Å². The minimum absolute atomic E-state index is 0.166. The van der Waals surface area contributed by atoms with Crippen molar-refractivity contribution in [1.82, 2.24) is 34.5 Å². The van der Waals surface area contributed by atoms with Crippen LogP contribution in [0.2, 0.25) is 0 Å². The van der Waals surface area contributed by atoms with E-state index >= 15 is 0 Å². The van der Waals surface area contributed by atoms with Gasteiger partial charge in [0.05, 0.1) is 45.5 Å². The number of ether oxygens (including phenoxy) is 1. The molecule has 0 radical (unpaired) electrons. The third kappa shape index (κ3) is 8.39. The highest BCUT2D eigenvalue weighted by atomic mass is 79.9. The van der Waals surface area contributed by atoms with Gasteiger partial charge in [-0.05, 0) is 66.4 Å². The number of aromatic nitrogens is 5. The van der Waals surface area contributed by atoms with Crippen LogP contribution in [0, 0.1) is 0 Å². The van der Waals surface area contributed by atoms with Gasteiger partial charge in [-0.25, -0.2) is 9.78 Å². The van der Waals surface area contributed by atoms with Crippen molar-refractivity contribution in [2.75, 3.05) is 68.1 Å². The first-order valence-corrected chi connectivity index (χ1v) is 23.4. The van der Waals surface area contributed by atoms with Crippen LogP contribution in [-0.4, -0.2) is 110 Å². The van der Waals surface area contributed by atoms with Crippen molar-refractivity contribution in [2.24, 2.45) is 7.05 Å². The van der Waals surface area contributed by atoms with E-state index in [1.165, 1.54) is 4.90 Å². The number of rotatable bonds is 10. The normalized spacial score (nSPS) is 17.2. The molecular weight excluding hydrogens is 819 g/mol. The molecule has 14 nitrogen and oxygen atoms in total. The van der Waals surface area contributed by atoms with Crippen molar-refractivity contribution in [1.29, 1.82) is 0 Å². The zero-order valence-electron chi connectivity index (χ0n) is 34.0. The number of amides is 1. The molecule has 3 aromatic heterocycles. The molecule has 2 aliphatic heterocycles. The van der Waals surface area contributed by atoms with E-state index in [1.807, 2.05) is 48.4 Å². The van der Waals surface area contributed by atoms with Crippen LogP contribution in [0.5, 0.6) is 5.75 Å². The highest BCUT2D eigenvalue weighted by Crippen LogP contribution is 2.51. The number of anilines is 5. The molecule has 5 heterocycles. The van der Waals surface area contributed by atoms with Gasteiger partial charge in [0.15, 0.2) is 0 Å². The van der Waals surface area contributed by atoms with Crippen LogP contribution in [-0.2, 0) is 17.0 Å². The number of fused-ring (bicyclic) bond motifs is 1. The highest BCUT2D eigenvalue weighted by molar-refractivity contribution is 9.10. The first-order valence-electron chi connectivity index (χ1n) is 20.0. The Hall–Kier alpha value is -4.72. The van der Waals surface area contributed by atoms with E-state index in [-0.39, 0.29) is 11.5 Å². The predicted molar refractivity (Wildman–Crippen MR) is 235 cm³/mol. The van der Waals surface area contributed by atoms with E-state index in [1.54, 1.807) is 25.7 Å². The van der Waals surface area contributed by atoms with Gasteiger partial charge in [0.25, 0.3) is 0 Å². The first kappa shape index (κ1) is 40.1. The van der Waals surface area contributed by atoms with Gasteiger partial charge in [0, 0.05) is 98.2 Å². The zero-order chi connectivity index (χ0) is 40.9. The fourth-order valence-electron chi connectivity index (χ4n) is 8.37. The average Bonchev–Trinajstić information content (AvgIpc) is 3.90. The molecule has 1 aliphatic carbocycles. The summed E-state index contributed by atoms with van der Waals surface area (Å²) in [6.07, 6.45) is 10.7. The predicted octanol–water partition coefficient (Wildman–Crippen LogP) is 8.03. The molecule has 0 atom stereocenters. The average molecular weight is 872 g/mol. The number of piperidine rings is 1. The summed E-state index contributed by atoms with van der Waals surface area (Å²) in [7, 11) is -0.834. The smallest absolute Gasteiger partial charge is 0.407 e. The summed E-state index contributed by atoms with van der Waals surface area (Å²) in [5, 5.41) is 22.8. The molecule has 3 aliphatic rings. The van der Waals surface area contributed by atoms with Gasteiger partial charge in [-0.15, -0.1) is 0 Å². The number of hydrogen-bond acceptors (Lipinski definition) is 11. The number of benzene rings is 2. The Labute approximate surface area is 347 Å². The van der Waals surface area contributed by atoms with Gasteiger partial charge in [0.2, 0.25) is 5.95 Å². The molecule has 2 aromatic carbocycles. The fourth-order valence-corrected chi connectivity index (χ4v) is 10.1. The summed E-state index contributed by atoms with van der Waals surface area (Å²) in [6, 6.07) is 10.4. The number of nitrogens with zero attached hydrogens (tertiary/aromatic N) is 8. The minimum Gasteiger partial charge on any atom is -0.490 e. The number of carboxylic acid groups (broad SMARTS) is 1. The molecule has 1 saturated carbocycles. The summed E-state index contributed by atoms with van der Waals surface area (Å²) in [4.78, 5) is 32.5. The number of halogens is 1. The van der Waals surface area contributed by atoms with Crippen LogP contribution in [0.1, 0.15) is 52.0 Å². The molecule has 306 valence electrons. The maximum Gasteiger partial charge on any atom is 0.407 e. The van der Waals surface area contributed by atoms with Gasteiger partial charge in [-0.3, -0.25) is 14.6 Å². The van der Waals surface area contributed by atoms with Crippen molar-refractivity contribution >= 4 is 74.2 Å². The Kier molecular flexibility index (Phi) is 10.9.